The van der Waals surface area contributed by atoms with Crippen LogP contribution in [0.1, 0.15) is 10.4 Å². The van der Waals surface area contributed by atoms with Crippen molar-refractivity contribution in [3.05, 3.63) is 24.0 Å². The Morgan fingerprint density at radius 3 is 2.77 bits per heavy atom. The zero-order valence-electron chi connectivity index (χ0n) is 6.91. The molecule has 0 bridgehead atoms. The van der Waals surface area contributed by atoms with Crippen LogP contribution in [-0.4, -0.2) is 34.9 Å². The number of rotatable bonds is 5. The van der Waals surface area contributed by atoms with Crippen molar-refractivity contribution in [1.82, 2.24) is 10.3 Å². The fraction of sp³-hybridized carbons (Fsp3) is 0.250. The van der Waals surface area contributed by atoms with Gasteiger partial charge in [-0.1, -0.05) is 0 Å². The molecule has 0 saturated carbocycles. The van der Waals surface area contributed by atoms with Crippen molar-refractivity contribution in [3.8, 4) is 0 Å². The van der Waals surface area contributed by atoms with Crippen molar-refractivity contribution in [2.45, 2.75) is 0 Å². The van der Waals surface area contributed by atoms with Crippen molar-refractivity contribution < 1.29 is 14.7 Å². The number of aromatic nitrogens is 1. The van der Waals surface area contributed by atoms with E-state index in [0.29, 0.717) is 5.56 Å². The summed E-state index contributed by atoms with van der Waals surface area (Å²) in [5, 5.41) is 10.8. The summed E-state index contributed by atoms with van der Waals surface area (Å²) in [5.74, 6) is -1.09. The third-order valence-corrected chi connectivity index (χ3v) is 1.48. The number of carboxylic acid groups (broad SMARTS) is 1. The van der Waals surface area contributed by atoms with Gasteiger partial charge in [-0.05, 0) is 6.07 Å². The highest BCUT2D eigenvalue weighted by molar-refractivity contribution is 5.97. The average molecular weight is 182 g/mol. The first-order valence-corrected chi connectivity index (χ1v) is 3.78. The van der Waals surface area contributed by atoms with Crippen molar-refractivity contribution in [2.24, 2.45) is 0 Å². The zero-order chi connectivity index (χ0) is 9.68. The average Bonchev–Trinajstić information content (AvgIpc) is 2.55. The molecule has 13 heavy (non-hydrogen) atoms. The van der Waals surface area contributed by atoms with E-state index in [-0.39, 0.29) is 18.9 Å². The van der Waals surface area contributed by atoms with Gasteiger partial charge in [-0.25, -0.2) is 0 Å². The quantitative estimate of drug-likeness (QED) is 0.554. The van der Waals surface area contributed by atoms with Crippen LogP contribution in [0.2, 0.25) is 0 Å². The first kappa shape index (κ1) is 9.47. The zero-order valence-corrected chi connectivity index (χ0v) is 6.91. The van der Waals surface area contributed by atoms with Crippen LogP contribution in [0.4, 0.5) is 0 Å². The van der Waals surface area contributed by atoms with Crippen LogP contribution in [0, 0.1) is 0 Å². The minimum Gasteiger partial charge on any atom is -0.480 e. The van der Waals surface area contributed by atoms with Crippen LogP contribution in [-0.2, 0) is 4.79 Å². The van der Waals surface area contributed by atoms with E-state index in [0.717, 1.165) is 0 Å². The van der Waals surface area contributed by atoms with Crippen LogP contribution in [0.15, 0.2) is 18.5 Å². The molecule has 70 valence electrons. The molecular formula is C8H10N2O3. The number of carbonyl (C=O) groups is 2. The third kappa shape index (κ3) is 3.08. The highest BCUT2D eigenvalue weighted by atomic mass is 16.4. The molecule has 5 nitrogen and oxygen atoms in total. The van der Waals surface area contributed by atoms with Crippen LogP contribution in [0.3, 0.4) is 0 Å². The molecule has 1 aromatic rings. The summed E-state index contributed by atoms with van der Waals surface area (Å²) in [6, 6.07) is 1.64. The van der Waals surface area contributed by atoms with Crippen molar-refractivity contribution >= 4 is 11.8 Å². The maximum Gasteiger partial charge on any atom is 0.317 e. The van der Waals surface area contributed by atoms with Gasteiger partial charge in [0.05, 0.1) is 13.1 Å². The standard InChI is InChI=1S/C8H10N2O3/c11-7(4-10-5-8(12)13)6-1-2-9-3-6/h1-3,9-10H,4-5H2,(H,12,13). The number of ketones is 1. The maximum absolute atomic E-state index is 11.2. The Kier molecular flexibility index (Phi) is 3.22. The van der Waals surface area contributed by atoms with E-state index in [1.165, 1.54) is 0 Å². The van der Waals surface area contributed by atoms with Crippen LogP contribution in [0.25, 0.3) is 0 Å². The van der Waals surface area contributed by atoms with Crippen LogP contribution < -0.4 is 5.32 Å². The molecule has 1 aromatic heterocycles. The molecule has 3 N–H and O–H groups in total. The largest absolute Gasteiger partial charge is 0.480 e. The van der Waals surface area contributed by atoms with Gasteiger partial charge in [-0.3, -0.25) is 14.9 Å². The Hall–Kier alpha value is -1.62. The van der Waals surface area contributed by atoms with E-state index in [1.54, 1.807) is 18.5 Å². The fourth-order valence-electron chi connectivity index (χ4n) is 0.882. The molecule has 0 saturated heterocycles. The van der Waals surface area contributed by atoms with Gasteiger partial charge < -0.3 is 10.1 Å². The van der Waals surface area contributed by atoms with E-state index < -0.39 is 5.97 Å². The molecule has 5 heteroatoms. The molecule has 0 fully saturated rings. The Labute approximate surface area is 74.8 Å². The number of H-pyrrole nitrogens is 1. The minimum atomic E-state index is -0.970. The van der Waals surface area contributed by atoms with Crippen LogP contribution in [0.5, 0.6) is 0 Å². The lowest BCUT2D eigenvalue weighted by Crippen LogP contribution is -2.28. The van der Waals surface area contributed by atoms with Gasteiger partial charge in [-0.2, -0.15) is 0 Å². The van der Waals surface area contributed by atoms with Gasteiger partial charge in [0.15, 0.2) is 5.78 Å². The molecule has 0 radical (unpaired) electrons. The summed E-state index contributed by atoms with van der Waals surface area (Å²) in [7, 11) is 0. The Morgan fingerprint density at radius 1 is 1.46 bits per heavy atom. The van der Waals surface area contributed by atoms with Gasteiger partial charge in [0.2, 0.25) is 0 Å². The molecular weight excluding hydrogens is 172 g/mol. The third-order valence-electron chi connectivity index (χ3n) is 1.48. The molecule has 0 aliphatic heterocycles. The van der Waals surface area contributed by atoms with E-state index in [2.05, 4.69) is 10.3 Å². The summed E-state index contributed by atoms with van der Waals surface area (Å²) in [4.78, 5) is 24.0. The van der Waals surface area contributed by atoms with Gasteiger partial charge in [0.1, 0.15) is 0 Å². The number of aromatic amines is 1. The first-order valence-electron chi connectivity index (χ1n) is 3.78. The highest BCUT2D eigenvalue weighted by Gasteiger charge is 2.05. The molecule has 0 aliphatic rings. The second-order valence-corrected chi connectivity index (χ2v) is 2.52. The minimum absolute atomic E-state index is 0.0458. The molecule has 0 spiro atoms. The predicted octanol–water partition coefficient (Wildman–Crippen LogP) is -0.128. The Bertz CT molecular complexity index is 292. The Morgan fingerprint density at radius 2 is 2.23 bits per heavy atom. The molecule has 0 aromatic carbocycles. The lowest BCUT2D eigenvalue weighted by molar-refractivity contribution is -0.135. The van der Waals surface area contributed by atoms with Crippen molar-refractivity contribution in [2.75, 3.05) is 13.1 Å². The molecule has 1 rings (SSSR count). The van der Waals surface area contributed by atoms with E-state index in [9.17, 15) is 9.59 Å². The number of aliphatic carboxylic acids is 1. The van der Waals surface area contributed by atoms with E-state index in [1.807, 2.05) is 0 Å². The molecule has 1 heterocycles. The molecule has 0 atom stereocenters. The second kappa shape index (κ2) is 4.42. The van der Waals surface area contributed by atoms with Gasteiger partial charge in [-0.15, -0.1) is 0 Å². The van der Waals surface area contributed by atoms with E-state index >= 15 is 0 Å². The smallest absolute Gasteiger partial charge is 0.317 e. The number of hydrogen-bond acceptors (Lipinski definition) is 3. The topological polar surface area (TPSA) is 82.2 Å². The fourth-order valence-corrected chi connectivity index (χ4v) is 0.882. The number of carboxylic acids is 1. The molecule has 0 amide bonds. The lowest BCUT2D eigenvalue weighted by Gasteiger charge is -1.98. The number of Topliss-reactive ketones (excluding diaryl/α,β-unsaturated/α-hetero) is 1. The number of hydrogen-bond donors (Lipinski definition) is 3. The first-order chi connectivity index (χ1) is 6.20. The highest BCUT2D eigenvalue weighted by Crippen LogP contribution is 1.96. The number of carbonyl (C=O) groups excluding carboxylic acids is 1. The summed E-state index contributed by atoms with van der Waals surface area (Å²) in [6.45, 7) is -0.152. The summed E-state index contributed by atoms with van der Waals surface area (Å²) in [5.41, 5.74) is 0.554. The summed E-state index contributed by atoms with van der Waals surface area (Å²) in [6.07, 6.45) is 3.22. The number of nitrogens with one attached hydrogen (secondary N) is 2. The predicted molar refractivity (Wildman–Crippen MR) is 45.6 cm³/mol. The SMILES string of the molecule is O=C(O)CNCC(=O)c1cc[nH]c1. The van der Waals surface area contributed by atoms with Crippen molar-refractivity contribution in [3.63, 3.8) is 0 Å². The lowest BCUT2D eigenvalue weighted by atomic mass is 10.2. The maximum atomic E-state index is 11.2. The van der Waals surface area contributed by atoms with E-state index in [4.69, 9.17) is 5.11 Å². The monoisotopic (exact) mass is 182 g/mol. The second-order valence-electron chi connectivity index (χ2n) is 2.52. The van der Waals surface area contributed by atoms with Gasteiger partial charge >= 0.3 is 5.97 Å². The van der Waals surface area contributed by atoms with Crippen LogP contribution >= 0.6 is 0 Å². The van der Waals surface area contributed by atoms with Crippen molar-refractivity contribution in [1.29, 1.82) is 0 Å². The molecule has 0 aliphatic carbocycles. The normalized spacial score (nSPS) is 9.85. The summed E-state index contributed by atoms with van der Waals surface area (Å²) >= 11 is 0. The van der Waals surface area contributed by atoms with Gasteiger partial charge in [0.25, 0.3) is 0 Å². The van der Waals surface area contributed by atoms with Gasteiger partial charge in [0, 0.05) is 18.0 Å². The summed E-state index contributed by atoms with van der Waals surface area (Å²) < 4.78 is 0. The molecule has 0 unspecified atom stereocenters. The Balaban J connectivity index is 2.31.